The van der Waals surface area contributed by atoms with E-state index in [2.05, 4.69) is 26.6 Å². The van der Waals surface area contributed by atoms with E-state index in [1.807, 2.05) is 32.0 Å². The highest BCUT2D eigenvalue weighted by molar-refractivity contribution is 9.10. The van der Waals surface area contributed by atoms with Crippen LogP contribution in [0.15, 0.2) is 75.9 Å². The van der Waals surface area contributed by atoms with E-state index in [0.29, 0.717) is 27.6 Å². The lowest BCUT2D eigenvalue weighted by molar-refractivity contribution is -0.120. The van der Waals surface area contributed by atoms with Gasteiger partial charge in [-0.25, -0.2) is 4.90 Å². The maximum absolute atomic E-state index is 13.0. The van der Waals surface area contributed by atoms with Gasteiger partial charge in [0.2, 0.25) is 0 Å². The Hall–Kier alpha value is -3.13. The molecule has 3 aromatic rings. The van der Waals surface area contributed by atoms with E-state index in [0.717, 1.165) is 20.5 Å². The molecular weight excluding hydrogens is 541 g/mol. The van der Waals surface area contributed by atoms with E-state index >= 15 is 0 Å². The number of halogens is 3. The Bertz CT molecular complexity index is 1370. The molecule has 3 aromatic carbocycles. The van der Waals surface area contributed by atoms with Gasteiger partial charge in [0.05, 0.1) is 5.69 Å². The minimum absolute atomic E-state index is 0.0639. The van der Waals surface area contributed by atoms with Crippen LogP contribution in [0.3, 0.4) is 0 Å². The molecule has 0 aliphatic carbocycles. The van der Waals surface area contributed by atoms with E-state index in [9.17, 15) is 14.4 Å². The first kappa shape index (κ1) is 24.0. The second-order valence-electron chi connectivity index (χ2n) is 7.68. The van der Waals surface area contributed by atoms with Crippen LogP contribution in [0.4, 0.5) is 17.1 Å². The molecule has 0 radical (unpaired) electrons. The highest BCUT2D eigenvalue weighted by atomic mass is 79.9. The lowest BCUT2D eigenvalue weighted by atomic mass is 10.1. The van der Waals surface area contributed by atoms with Gasteiger partial charge in [-0.1, -0.05) is 45.2 Å². The summed E-state index contributed by atoms with van der Waals surface area (Å²) >= 11 is 15.6. The molecule has 0 unspecified atom stereocenters. The number of hydrogen-bond donors (Lipinski definition) is 2. The Labute approximate surface area is 214 Å². The minimum atomic E-state index is -0.645. The molecule has 0 fully saturated rings. The third-order valence-corrected chi connectivity index (χ3v) is 6.40. The zero-order valence-corrected chi connectivity index (χ0v) is 21.2. The van der Waals surface area contributed by atoms with Gasteiger partial charge in [0, 0.05) is 26.4 Å². The van der Waals surface area contributed by atoms with Gasteiger partial charge in [-0.2, -0.15) is 0 Å². The number of nitrogens with zero attached hydrogens (tertiary/aromatic N) is 1. The molecule has 0 saturated heterocycles. The van der Waals surface area contributed by atoms with Gasteiger partial charge in [0.15, 0.2) is 0 Å². The normalized spacial score (nSPS) is 13.5. The maximum Gasteiger partial charge on any atom is 0.283 e. The second-order valence-corrected chi connectivity index (χ2v) is 9.41. The number of hydrogen-bond acceptors (Lipinski definition) is 4. The van der Waals surface area contributed by atoms with Crippen molar-refractivity contribution in [3.05, 3.63) is 97.6 Å². The summed E-state index contributed by atoms with van der Waals surface area (Å²) in [6, 6.07) is 16.9. The molecule has 0 aromatic heterocycles. The summed E-state index contributed by atoms with van der Waals surface area (Å²) in [5.41, 5.74) is 3.49. The Balaban J connectivity index is 1.58. The average Bonchev–Trinajstić information content (AvgIpc) is 3.01. The minimum Gasteiger partial charge on any atom is -0.349 e. The maximum atomic E-state index is 13.0. The summed E-state index contributed by atoms with van der Waals surface area (Å²) in [5.74, 6) is -1.56. The van der Waals surface area contributed by atoms with Crippen LogP contribution in [0.5, 0.6) is 0 Å². The fourth-order valence-corrected chi connectivity index (χ4v) is 4.24. The SMILES string of the molecule is Cc1cc(Br)ccc1NC(=O)c1ccc(C)c(NC2=C(Cl)C(=O)N(c3ccc(Cl)cc3)C2=O)c1. The van der Waals surface area contributed by atoms with Crippen molar-refractivity contribution in [3.8, 4) is 0 Å². The highest BCUT2D eigenvalue weighted by Gasteiger charge is 2.39. The van der Waals surface area contributed by atoms with Crippen molar-refractivity contribution in [3.63, 3.8) is 0 Å². The number of imide groups is 1. The van der Waals surface area contributed by atoms with Crippen LogP contribution in [0.1, 0.15) is 21.5 Å². The van der Waals surface area contributed by atoms with Crippen LogP contribution in [0, 0.1) is 13.8 Å². The average molecular weight is 559 g/mol. The van der Waals surface area contributed by atoms with Crippen molar-refractivity contribution >= 4 is 73.9 Å². The molecule has 9 heteroatoms. The van der Waals surface area contributed by atoms with Gasteiger partial charge < -0.3 is 10.6 Å². The number of rotatable bonds is 5. The molecule has 1 heterocycles. The number of anilines is 3. The van der Waals surface area contributed by atoms with Crippen LogP contribution in [0.25, 0.3) is 0 Å². The van der Waals surface area contributed by atoms with Crippen molar-refractivity contribution < 1.29 is 14.4 Å². The topological polar surface area (TPSA) is 78.5 Å². The van der Waals surface area contributed by atoms with Gasteiger partial charge in [-0.3, -0.25) is 14.4 Å². The van der Waals surface area contributed by atoms with E-state index in [-0.39, 0.29) is 16.6 Å². The number of aryl methyl sites for hydroxylation is 2. The van der Waals surface area contributed by atoms with Crippen molar-refractivity contribution in [1.82, 2.24) is 0 Å². The lowest BCUT2D eigenvalue weighted by Crippen LogP contribution is -2.32. The van der Waals surface area contributed by atoms with Crippen LogP contribution in [-0.2, 0) is 9.59 Å². The molecule has 0 saturated carbocycles. The van der Waals surface area contributed by atoms with Crippen LogP contribution in [-0.4, -0.2) is 17.7 Å². The molecule has 172 valence electrons. The fraction of sp³-hybridized carbons (Fsp3) is 0.0800. The van der Waals surface area contributed by atoms with E-state index in [1.165, 1.54) is 0 Å². The van der Waals surface area contributed by atoms with Crippen molar-refractivity contribution in [1.29, 1.82) is 0 Å². The molecule has 0 atom stereocenters. The number of amides is 3. The summed E-state index contributed by atoms with van der Waals surface area (Å²) < 4.78 is 0.915. The monoisotopic (exact) mass is 557 g/mol. The third-order valence-electron chi connectivity index (χ3n) is 5.31. The number of nitrogens with one attached hydrogen (secondary N) is 2. The molecule has 6 nitrogen and oxygen atoms in total. The van der Waals surface area contributed by atoms with Gasteiger partial charge in [-0.05, 0) is 79.6 Å². The molecular formula is C25H18BrCl2N3O3. The molecule has 4 rings (SSSR count). The Kier molecular flexibility index (Phi) is 6.79. The molecule has 1 aliphatic rings. The summed E-state index contributed by atoms with van der Waals surface area (Å²) in [6.07, 6.45) is 0. The highest BCUT2D eigenvalue weighted by Crippen LogP contribution is 2.32. The summed E-state index contributed by atoms with van der Waals surface area (Å²) in [6.45, 7) is 3.71. The standard InChI is InChI=1S/C25H18BrCl2N3O3/c1-13-3-4-15(23(32)30-19-10-5-16(26)11-14(19)2)12-20(13)29-22-21(28)24(33)31(25(22)34)18-8-6-17(27)7-9-18/h3-12,29H,1-2H3,(H,30,32). The Morgan fingerprint density at radius 3 is 2.24 bits per heavy atom. The second kappa shape index (κ2) is 9.62. The zero-order chi connectivity index (χ0) is 24.6. The van der Waals surface area contributed by atoms with E-state index in [4.69, 9.17) is 23.2 Å². The zero-order valence-electron chi connectivity index (χ0n) is 18.1. The fourth-order valence-electron chi connectivity index (χ4n) is 3.43. The number of carbonyl (C=O) groups excluding carboxylic acids is 3. The smallest absolute Gasteiger partial charge is 0.283 e. The van der Waals surface area contributed by atoms with E-state index < -0.39 is 11.8 Å². The quantitative estimate of drug-likeness (QED) is 0.355. The van der Waals surface area contributed by atoms with Crippen LogP contribution < -0.4 is 15.5 Å². The van der Waals surface area contributed by atoms with Gasteiger partial charge in [0.25, 0.3) is 17.7 Å². The lowest BCUT2D eigenvalue weighted by Gasteiger charge is -2.16. The Morgan fingerprint density at radius 1 is 0.853 bits per heavy atom. The van der Waals surface area contributed by atoms with Gasteiger partial charge >= 0.3 is 0 Å². The van der Waals surface area contributed by atoms with Crippen LogP contribution >= 0.6 is 39.1 Å². The summed E-state index contributed by atoms with van der Waals surface area (Å²) in [4.78, 5) is 39.6. The molecule has 3 amide bonds. The number of carbonyl (C=O) groups is 3. The van der Waals surface area contributed by atoms with Crippen LogP contribution in [0.2, 0.25) is 5.02 Å². The first-order valence-electron chi connectivity index (χ1n) is 10.1. The van der Waals surface area contributed by atoms with Crippen molar-refractivity contribution in [2.24, 2.45) is 0 Å². The molecule has 1 aliphatic heterocycles. The number of benzene rings is 3. The summed E-state index contributed by atoms with van der Waals surface area (Å²) in [5, 5.41) is 6.08. The first-order chi connectivity index (χ1) is 16.2. The largest absolute Gasteiger partial charge is 0.349 e. The first-order valence-corrected chi connectivity index (χ1v) is 11.7. The van der Waals surface area contributed by atoms with E-state index in [1.54, 1.807) is 42.5 Å². The summed E-state index contributed by atoms with van der Waals surface area (Å²) in [7, 11) is 0. The molecule has 0 spiro atoms. The van der Waals surface area contributed by atoms with Gasteiger partial charge in [-0.15, -0.1) is 0 Å². The van der Waals surface area contributed by atoms with Crippen molar-refractivity contribution in [2.75, 3.05) is 15.5 Å². The molecule has 0 bridgehead atoms. The van der Waals surface area contributed by atoms with Crippen molar-refractivity contribution in [2.45, 2.75) is 13.8 Å². The molecule has 2 N–H and O–H groups in total. The van der Waals surface area contributed by atoms with Gasteiger partial charge in [0.1, 0.15) is 10.7 Å². The third kappa shape index (κ3) is 4.73. The molecule has 34 heavy (non-hydrogen) atoms. The Morgan fingerprint density at radius 2 is 1.56 bits per heavy atom. The predicted octanol–water partition coefficient (Wildman–Crippen LogP) is 6.41. The predicted molar refractivity (Wildman–Crippen MR) is 138 cm³/mol.